The molecule has 0 saturated carbocycles. The van der Waals surface area contributed by atoms with Crippen LogP contribution in [0.3, 0.4) is 0 Å². The lowest BCUT2D eigenvalue weighted by Gasteiger charge is -2.28. The summed E-state index contributed by atoms with van der Waals surface area (Å²) >= 11 is 0. The Bertz CT molecular complexity index is 196. The summed E-state index contributed by atoms with van der Waals surface area (Å²) < 4.78 is 16.9. The van der Waals surface area contributed by atoms with E-state index in [2.05, 4.69) is 5.32 Å². The fourth-order valence-electron chi connectivity index (χ4n) is 2.32. The molecule has 80 valence electrons. The second kappa shape index (κ2) is 3.77. The number of hydrogen-bond donors (Lipinski definition) is 1. The van der Waals surface area contributed by atoms with Crippen molar-refractivity contribution in [3.05, 3.63) is 0 Å². The van der Waals surface area contributed by atoms with Gasteiger partial charge in [0, 0.05) is 19.0 Å². The average molecular weight is 199 g/mol. The average Bonchev–Trinajstić information content (AvgIpc) is 2.59. The molecule has 4 heteroatoms. The summed E-state index contributed by atoms with van der Waals surface area (Å²) in [5.74, 6) is 0.628. The van der Waals surface area contributed by atoms with E-state index >= 15 is 0 Å². The van der Waals surface area contributed by atoms with Gasteiger partial charge in [-0.3, -0.25) is 0 Å². The molecule has 14 heavy (non-hydrogen) atoms. The maximum absolute atomic E-state index is 5.83. The number of hydrogen-bond acceptors (Lipinski definition) is 4. The fraction of sp³-hybridized carbons (Fsp3) is 1.00. The van der Waals surface area contributed by atoms with Gasteiger partial charge in [-0.15, -0.1) is 0 Å². The zero-order valence-corrected chi connectivity index (χ0v) is 8.28. The van der Waals surface area contributed by atoms with Crippen LogP contribution in [0.1, 0.15) is 6.42 Å². The first-order chi connectivity index (χ1) is 6.92. The molecule has 3 atom stereocenters. The standard InChI is InChI=1S/C10H17NO3/c1-7-4-12-6-10(7)14-8(1)5-13-9-2-11-3-9/h7-11H,1-6H2/t7-,8?,10+/m0/s1. The van der Waals surface area contributed by atoms with Crippen LogP contribution in [0.15, 0.2) is 0 Å². The van der Waals surface area contributed by atoms with Gasteiger partial charge in [-0.2, -0.15) is 0 Å². The molecule has 3 rings (SSSR count). The molecule has 3 aliphatic rings. The molecule has 0 bridgehead atoms. The lowest BCUT2D eigenvalue weighted by molar-refractivity contribution is -0.0611. The van der Waals surface area contributed by atoms with Gasteiger partial charge in [-0.25, -0.2) is 0 Å². The van der Waals surface area contributed by atoms with Crippen molar-refractivity contribution in [3.63, 3.8) is 0 Å². The van der Waals surface area contributed by atoms with Gasteiger partial charge in [-0.05, 0) is 6.42 Å². The monoisotopic (exact) mass is 199 g/mol. The fourth-order valence-corrected chi connectivity index (χ4v) is 2.32. The molecule has 1 unspecified atom stereocenters. The highest BCUT2D eigenvalue weighted by molar-refractivity contribution is 4.86. The third kappa shape index (κ3) is 1.67. The second-order valence-electron chi connectivity index (χ2n) is 4.44. The van der Waals surface area contributed by atoms with Gasteiger partial charge in [-0.1, -0.05) is 0 Å². The Morgan fingerprint density at radius 2 is 2.21 bits per heavy atom. The predicted molar refractivity (Wildman–Crippen MR) is 50.2 cm³/mol. The zero-order valence-electron chi connectivity index (χ0n) is 8.28. The minimum atomic E-state index is 0.314. The third-order valence-electron chi connectivity index (χ3n) is 3.33. The molecule has 4 nitrogen and oxygen atoms in total. The van der Waals surface area contributed by atoms with Crippen LogP contribution in [0.2, 0.25) is 0 Å². The summed E-state index contributed by atoms with van der Waals surface area (Å²) in [5.41, 5.74) is 0. The van der Waals surface area contributed by atoms with Crippen molar-refractivity contribution in [1.82, 2.24) is 5.32 Å². The van der Waals surface area contributed by atoms with Gasteiger partial charge in [0.2, 0.25) is 0 Å². The number of nitrogens with one attached hydrogen (secondary N) is 1. The van der Waals surface area contributed by atoms with Gasteiger partial charge in [0.15, 0.2) is 0 Å². The molecule has 0 spiro atoms. The van der Waals surface area contributed by atoms with Crippen molar-refractivity contribution >= 4 is 0 Å². The van der Waals surface area contributed by atoms with E-state index in [1.165, 1.54) is 0 Å². The molecule has 0 amide bonds. The van der Waals surface area contributed by atoms with Crippen molar-refractivity contribution in [2.45, 2.75) is 24.7 Å². The van der Waals surface area contributed by atoms with Gasteiger partial charge in [0.05, 0.1) is 38.1 Å². The van der Waals surface area contributed by atoms with E-state index in [1.807, 2.05) is 0 Å². The van der Waals surface area contributed by atoms with E-state index in [-0.39, 0.29) is 0 Å². The number of ether oxygens (including phenoxy) is 3. The summed E-state index contributed by atoms with van der Waals surface area (Å²) in [6, 6.07) is 0. The summed E-state index contributed by atoms with van der Waals surface area (Å²) in [7, 11) is 0. The van der Waals surface area contributed by atoms with Crippen LogP contribution in [-0.4, -0.2) is 51.2 Å². The molecule has 0 aliphatic carbocycles. The largest absolute Gasteiger partial charge is 0.378 e. The van der Waals surface area contributed by atoms with Crippen molar-refractivity contribution in [1.29, 1.82) is 0 Å². The molecular formula is C10H17NO3. The van der Waals surface area contributed by atoms with Crippen molar-refractivity contribution < 1.29 is 14.2 Å². The minimum absolute atomic E-state index is 0.314. The Morgan fingerprint density at radius 1 is 1.29 bits per heavy atom. The maximum Gasteiger partial charge on any atom is 0.0864 e. The molecular weight excluding hydrogens is 182 g/mol. The maximum atomic E-state index is 5.83. The molecule has 0 aromatic heterocycles. The second-order valence-corrected chi connectivity index (χ2v) is 4.44. The zero-order chi connectivity index (χ0) is 9.38. The van der Waals surface area contributed by atoms with Crippen molar-refractivity contribution in [2.24, 2.45) is 5.92 Å². The normalized spacial score (nSPS) is 42.4. The lowest BCUT2D eigenvalue weighted by Crippen LogP contribution is -2.49. The first-order valence-electron chi connectivity index (χ1n) is 5.47. The smallest absolute Gasteiger partial charge is 0.0864 e. The van der Waals surface area contributed by atoms with Crippen molar-refractivity contribution in [2.75, 3.05) is 32.9 Å². The van der Waals surface area contributed by atoms with Crippen LogP contribution in [-0.2, 0) is 14.2 Å². The molecule has 0 radical (unpaired) electrons. The quantitative estimate of drug-likeness (QED) is 0.682. The van der Waals surface area contributed by atoms with Gasteiger partial charge in [0.25, 0.3) is 0 Å². The molecule has 0 aromatic rings. The van der Waals surface area contributed by atoms with Crippen LogP contribution < -0.4 is 5.32 Å². The van der Waals surface area contributed by atoms with Gasteiger partial charge >= 0.3 is 0 Å². The minimum Gasteiger partial charge on any atom is -0.378 e. The lowest BCUT2D eigenvalue weighted by atomic mass is 10.0. The predicted octanol–water partition coefficient (Wildman–Crippen LogP) is -0.221. The highest BCUT2D eigenvalue weighted by atomic mass is 16.6. The Balaban J connectivity index is 1.42. The third-order valence-corrected chi connectivity index (χ3v) is 3.33. The van der Waals surface area contributed by atoms with Crippen LogP contribution >= 0.6 is 0 Å². The van der Waals surface area contributed by atoms with E-state index in [1.54, 1.807) is 0 Å². The van der Waals surface area contributed by atoms with Crippen LogP contribution in [0, 0.1) is 5.92 Å². The van der Waals surface area contributed by atoms with E-state index in [9.17, 15) is 0 Å². The van der Waals surface area contributed by atoms with Crippen molar-refractivity contribution in [3.8, 4) is 0 Å². The summed E-state index contributed by atoms with van der Waals surface area (Å²) in [6.45, 7) is 4.43. The molecule has 3 aliphatic heterocycles. The summed E-state index contributed by atoms with van der Waals surface area (Å²) in [5, 5.41) is 3.19. The van der Waals surface area contributed by atoms with Crippen LogP contribution in [0.25, 0.3) is 0 Å². The molecule has 3 saturated heterocycles. The Hall–Kier alpha value is -0.160. The molecule has 3 heterocycles. The highest BCUT2D eigenvalue weighted by Gasteiger charge is 2.39. The highest BCUT2D eigenvalue weighted by Crippen LogP contribution is 2.31. The molecule has 3 fully saturated rings. The van der Waals surface area contributed by atoms with E-state index < -0.39 is 0 Å². The van der Waals surface area contributed by atoms with Crippen LogP contribution in [0.4, 0.5) is 0 Å². The molecule has 1 N–H and O–H groups in total. The Kier molecular flexibility index (Phi) is 2.45. The van der Waals surface area contributed by atoms with Gasteiger partial charge < -0.3 is 19.5 Å². The Labute approximate surface area is 83.9 Å². The SMILES string of the molecule is C1NCC1OCC1C[C@H]2COC[C@H]2O1. The Morgan fingerprint density at radius 3 is 2.93 bits per heavy atom. The summed E-state index contributed by atoms with van der Waals surface area (Å²) in [6.07, 6.45) is 2.21. The van der Waals surface area contributed by atoms with Gasteiger partial charge in [0.1, 0.15) is 0 Å². The van der Waals surface area contributed by atoms with E-state index in [4.69, 9.17) is 14.2 Å². The van der Waals surface area contributed by atoms with E-state index in [0.717, 1.165) is 39.3 Å². The van der Waals surface area contributed by atoms with E-state index in [0.29, 0.717) is 24.2 Å². The molecule has 0 aromatic carbocycles. The number of fused-ring (bicyclic) bond motifs is 1. The van der Waals surface area contributed by atoms with Crippen LogP contribution in [0.5, 0.6) is 0 Å². The topological polar surface area (TPSA) is 39.7 Å². The number of rotatable bonds is 3. The first kappa shape index (κ1) is 9.09. The summed E-state index contributed by atoms with van der Waals surface area (Å²) in [4.78, 5) is 0. The first-order valence-corrected chi connectivity index (χ1v) is 5.47.